The van der Waals surface area contributed by atoms with Gasteiger partial charge in [0.05, 0.1) is 28.3 Å². The smallest absolute Gasteiger partial charge is 0.201 e. The first-order valence-electron chi connectivity index (χ1n) is 10.1. The van der Waals surface area contributed by atoms with Gasteiger partial charge in [-0.15, -0.1) is 11.3 Å². The molecular formula is C22H25FN4O2S2. The molecule has 3 aromatic rings. The molecule has 0 aliphatic carbocycles. The number of hydrogen-bond acceptors (Lipinski definition) is 7. The molecular weight excluding hydrogens is 435 g/mol. The highest BCUT2D eigenvalue weighted by molar-refractivity contribution is 7.90. The molecule has 1 aliphatic rings. The lowest BCUT2D eigenvalue weighted by molar-refractivity contribution is 0.104. The molecule has 31 heavy (non-hydrogen) atoms. The number of hydrogen-bond donors (Lipinski definition) is 1. The van der Waals surface area contributed by atoms with Gasteiger partial charge >= 0.3 is 0 Å². The van der Waals surface area contributed by atoms with Gasteiger partial charge in [0.1, 0.15) is 5.82 Å². The fourth-order valence-electron chi connectivity index (χ4n) is 3.81. The quantitative estimate of drug-likeness (QED) is 0.547. The van der Waals surface area contributed by atoms with Crippen LogP contribution in [-0.2, 0) is 28.7 Å². The van der Waals surface area contributed by atoms with Gasteiger partial charge in [-0.2, -0.15) is 0 Å². The highest BCUT2D eigenvalue weighted by atomic mass is 32.2. The molecule has 1 aromatic carbocycles. The van der Waals surface area contributed by atoms with Crippen molar-refractivity contribution in [3.63, 3.8) is 0 Å². The van der Waals surface area contributed by atoms with E-state index in [9.17, 15) is 12.8 Å². The van der Waals surface area contributed by atoms with Crippen LogP contribution in [-0.4, -0.2) is 36.4 Å². The maximum Gasteiger partial charge on any atom is 0.201 e. The van der Waals surface area contributed by atoms with Crippen LogP contribution < -0.4 is 5.32 Å². The van der Waals surface area contributed by atoms with Crippen molar-refractivity contribution < 1.29 is 12.8 Å². The van der Waals surface area contributed by atoms with E-state index in [0.29, 0.717) is 35.1 Å². The van der Waals surface area contributed by atoms with Gasteiger partial charge in [-0.1, -0.05) is 19.1 Å². The minimum absolute atomic E-state index is 0.0158. The van der Waals surface area contributed by atoms with E-state index >= 15 is 0 Å². The van der Waals surface area contributed by atoms with E-state index in [1.165, 1.54) is 23.5 Å². The van der Waals surface area contributed by atoms with Crippen LogP contribution in [0.5, 0.6) is 0 Å². The Labute approximate surface area is 186 Å². The Morgan fingerprint density at radius 1 is 1.26 bits per heavy atom. The van der Waals surface area contributed by atoms with E-state index in [2.05, 4.69) is 27.1 Å². The summed E-state index contributed by atoms with van der Waals surface area (Å²) in [6.45, 7) is 7.05. The van der Waals surface area contributed by atoms with Crippen molar-refractivity contribution in [2.75, 3.05) is 18.4 Å². The summed E-state index contributed by atoms with van der Waals surface area (Å²) < 4.78 is 39.8. The Morgan fingerprint density at radius 2 is 2.06 bits per heavy atom. The number of nitrogens with one attached hydrogen (secondary N) is 1. The molecule has 0 amide bonds. The number of aromatic nitrogens is 2. The van der Waals surface area contributed by atoms with Crippen molar-refractivity contribution >= 4 is 26.9 Å². The fourth-order valence-corrected chi connectivity index (χ4v) is 5.72. The number of rotatable bonds is 8. The molecule has 1 fully saturated rings. The first-order valence-corrected chi connectivity index (χ1v) is 12.7. The number of halogens is 1. The van der Waals surface area contributed by atoms with E-state index < -0.39 is 9.84 Å². The third-order valence-electron chi connectivity index (χ3n) is 5.41. The van der Waals surface area contributed by atoms with E-state index in [1.54, 1.807) is 29.9 Å². The van der Waals surface area contributed by atoms with Crippen molar-refractivity contribution in [1.29, 1.82) is 0 Å². The summed E-state index contributed by atoms with van der Waals surface area (Å²) in [5.41, 5.74) is 4.94. The molecule has 4 rings (SSSR count). The van der Waals surface area contributed by atoms with Crippen molar-refractivity contribution in [2.45, 2.75) is 37.7 Å². The first-order chi connectivity index (χ1) is 14.8. The number of anilines is 1. The topological polar surface area (TPSA) is 75.2 Å². The Balaban J connectivity index is 1.47. The Kier molecular flexibility index (Phi) is 6.36. The molecule has 164 valence electrons. The van der Waals surface area contributed by atoms with E-state index in [1.807, 2.05) is 6.07 Å². The minimum atomic E-state index is -3.58. The first kappa shape index (κ1) is 21.9. The zero-order valence-electron chi connectivity index (χ0n) is 17.5. The maximum atomic E-state index is 14.5. The van der Waals surface area contributed by atoms with Crippen LogP contribution in [0.1, 0.15) is 29.4 Å². The monoisotopic (exact) mass is 460 g/mol. The standard InChI is InChI=1S/C22H25FN4O2S2/c1-15-9-27(10-15)11-17-4-3-5-20(23)19(17)8-24-21-6-7-22(26-16(21)2)31(28,29)13-18-12-30-14-25-18/h3-7,12,14-15,24H,8-11,13H2,1-2H3. The molecule has 1 N–H and O–H groups in total. The molecule has 1 aliphatic heterocycles. The van der Waals surface area contributed by atoms with Gasteiger partial charge in [-0.3, -0.25) is 4.90 Å². The molecule has 0 spiro atoms. The van der Waals surface area contributed by atoms with Crippen LogP contribution in [0.15, 0.2) is 46.2 Å². The predicted octanol–water partition coefficient (Wildman–Crippen LogP) is 4.02. The van der Waals surface area contributed by atoms with Gasteiger partial charge in [-0.05, 0) is 36.6 Å². The summed E-state index contributed by atoms with van der Waals surface area (Å²) in [5, 5.41) is 4.96. The summed E-state index contributed by atoms with van der Waals surface area (Å²) >= 11 is 1.36. The normalized spacial score (nSPS) is 15.1. The lowest BCUT2D eigenvalue weighted by Gasteiger charge is -2.37. The van der Waals surface area contributed by atoms with Crippen LogP contribution in [0.3, 0.4) is 0 Å². The Bertz CT molecular complexity index is 1160. The molecule has 0 radical (unpaired) electrons. The third kappa shape index (κ3) is 5.11. The van der Waals surface area contributed by atoms with Crippen LogP contribution in [0.4, 0.5) is 10.1 Å². The number of sulfone groups is 1. The molecule has 9 heteroatoms. The summed E-state index contributed by atoms with van der Waals surface area (Å²) in [4.78, 5) is 10.6. The van der Waals surface area contributed by atoms with Gasteiger partial charge in [-0.25, -0.2) is 22.8 Å². The second-order valence-corrected chi connectivity index (χ2v) is 10.7. The number of thiazole rings is 1. The lowest BCUT2D eigenvalue weighted by Crippen LogP contribution is -2.44. The molecule has 2 aromatic heterocycles. The van der Waals surface area contributed by atoms with E-state index in [0.717, 1.165) is 25.2 Å². The van der Waals surface area contributed by atoms with Gasteiger partial charge in [0.2, 0.25) is 9.84 Å². The number of benzene rings is 1. The molecule has 6 nitrogen and oxygen atoms in total. The maximum absolute atomic E-state index is 14.5. The van der Waals surface area contributed by atoms with Crippen molar-refractivity contribution in [3.05, 3.63) is 69.6 Å². The zero-order valence-corrected chi connectivity index (χ0v) is 19.1. The predicted molar refractivity (Wildman–Crippen MR) is 120 cm³/mol. The second kappa shape index (κ2) is 9.02. The SMILES string of the molecule is Cc1nc(S(=O)(=O)Cc2cscn2)ccc1NCc1c(F)cccc1CN1CC(C)C1. The van der Waals surface area contributed by atoms with Gasteiger partial charge in [0, 0.05) is 37.1 Å². The highest BCUT2D eigenvalue weighted by Gasteiger charge is 2.24. The zero-order chi connectivity index (χ0) is 22.0. The van der Waals surface area contributed by atoms with Crippen LogP contribution in [0.25, 0.3) is 0 Å². The van der Waals surface area contributed by atoms with E-state index in [4.69, 9.17) is 0 Å². The summed E-state index contributed by atoms with van der Waals surface area (Å²) in [7, 11) is -3.58. The molecule has 1 saturated heterocycles. The summed E-state index contributed by atoms with van der Waals surface area (Å²) in [6.07, 6.45) is 0. The Morgan fingerprint density at radius 3 is 2.74 bits per heavy atom. The summed E-state index contributed by atoms with van der Waals surface area (Å²) in [6, 6.07) is 8.35. The average molecular weight is 461 g/mol. The largest absolute Gasteiger partial charge is 0.379 e. The van der Waals surface area contributed by atoms with Gasteiger partial charge in [0.15, 0.2) is 5.03 Å². The van der Waals surface area contributed by atoms with Gasteiger partial charge in [0.25, 0.3) is 0 Å². The number of likely N-dealkylation sites (tertiary alicyclic amines) is 1. The van der Waals surface area contributed by atoms with Crippen LogP contribution >= 0.6 is 11.3 Å². The number of aryl methyl sites for hydroxylation is 1. The van der Waals surface area contributed by atoms with Crippen molar-refractivity contribution in [2.24, 2.45) is 5.92 Å². The van der Waals surface area contributed by atoms with Crippen molar-refractivity contribution in [1.82, 2.24) is 14.9 Å². The van der Waals surface area contributed by atoms with Crippen LogP contribution in [0, 0.1) is 18.7 Å². The average Bonchev–Trinajstić information content (AvgIpc) is 3.19. The fraction of sp³-hybridized carbons (Fsp3) is 0.364. The van der Waals surface area contributed by atoms with E-state index in [-0.39, 0.29) is 16.6 Å². The number of pyridine rings is 1. The minimum Gasteiger partial charge on any atom is -0.379 e. The number of nitrogens with zero attached hydrogens (tertiary/aromatic N) is 3. The molecule has 0 atom stereocenters. The molecule has 0 bridgehead atoms. The second-order valence-electron chi connectivity index (χ2n) is 8.05. The van der Waals surface area contributed by atoms with Crippen LogP contribution in [0.2, 0.25) is 0 Å². The highest BCUT2D eigenvalue weighted by Crippen LogP contribution is 2.24. The lowest BCUT2D eigenvalue weighted by atomic mass is 9.99. The third-order valence-corrected chi connectivity index (χ3v) is 7.58. The molecule has 0 saturated carbocycles. The van der Waals surface area contributed by atoms with Crippen molar-refractivity contribution in [3.8, 4) is 0 Å². The molecule has 3 heterocycles. The summed E-state index contributed by atoms with van der Waals surface area (Å²) in [5.74, 6) is 0.268. The molecule has 0 unspecified atom stereocenters. The Hall–Kier alpha value is -2.36. The van der Waals surface area contributed by atoms with Gasteiger partial charge < -0.3 is 5.32 Å².